The number of fused-ring (bicyclic) bond motifs is 2. The molecular formula is C18H16N2O4. The van der Waals surface area contributed by atoms with Gasteiger partial charge >= 0.3 is 11.8 Å². The lowest BCUT2D eigenvalue weighted by molar-refractivity contribution is -0.137. The van der Waals surface area contributed by atoms with Crippen molar-refractivity contribution >= 4 is 17.5 Å². The van der Waals surface area contributed by atoms with Crippen LogP contribution in [0.1, 0.15) is 11.1 Å². The highest BCUT2D eigenvalue weighted by molar-refractivity contribution is 6.40. The predicted molar refractivity (Wildman–Crippen MR) is 86.9 cm³/mol. The molecule has 1 N–H and O–H groups in total. The smallest absolute Gasteiger partial charge is 0.316 e. The fraction of sp³-hybridized carbons (Fsp3) is 0.222. The van der Waals surface area contributed by atoms with Crippen molar-refractivity contribution in [3.05, 3.63) is 53.6 Å². The fourth-order valence-electron chi connectivity index (χ4n) is 2.98. The SMILES string of the molecule is O=C(NCc1ccc2c(c1)OCO2)C(=O)N1CCc2ccccc21. The molecule has 4 rings (SSSR count). The molecule has 0 saturated heterocycles. The van der Waals surface area contributed by atoms with Crippen molar-refractivity contribution in [1.82, 2.24) is 5.32 Å². The lowest BCUT2D eigenvalue weighted by atomic mass is 10.2. The Morgan fingerprint density at radius 2 is 1.92 bits per heavy atom. The van der Waals surface area contributed by atoms with E-state index in [2.05, 4.69) is 5.32 Å². The molecule has 0 aliphatic carbocycles. The lowest BCUT2D eigenvalue weighted by Crippen LogP contribution is -2.42. The van der Waals surface area contributed by atoms with E-state index in [0.717, 1.165) is 23.2 Å². The normalized spacial score (nSPS) is 14.4. The van der Waals surface area contributed by atoms with E-state index in [1.807, 2.05) is 30.3 Å². The Labute approximate surface area is 139 Å². The first-order valence-corrected chi connectivity index (χ1v) is 7.78. The summed E-state index contributed by atoms with van der Waals surface area (Å²) in [5, 5.41) is 2.67. The number of benzene rings is 2. The van der Waals surface area contributed by atoms with Crippen molar-refractivity contribution in [2.24, 2.45) is 0 Å². The number of hydrogen-bond acceptors (Lipinski definition) is 4. The Bertz CT molecular complexity index is 818. The van der Waals surface area contributed by atoms with E-state index in [1.54, 1.807) is 12.1 Å². The molecule has 0 bridgehead atoms. The van der Waals surface area contributed by atoms with Crippen LogP contribution >= 0.6 is 0 Å². The lowest BCUT2D eigenvalue weighted by Gasteiger charge is -2.16. The highest BCUT2D eigenvalue weighted by atomic mass is 16.7. The van der Waals surface area contributed by atoms with Gasteiger partial charge in [-0.05, 0) is 35.7 Å². The highest BCUT2D eigenvalue weighted by Gasteiger charge is 2.28. The Hall–Kier alpha value is -3.02. The number of carbonyl (C=O) groups excluding carboxylic acids is 2. The van der Waals surface area contributed by atoms with Gasteiger partial charge in [-0.1, -0.05) is 24.3 Å². The van der Waals surface area contributed by atoms with Gasteiger partial charge in [0.05, 0.1) is 0 Å². The molecule has 0 spiro atoms. The van der Waals surface area contributed by atoms with E-state index in [4.69, 9.17) is 9.47 Å². The van der Waals surface area contributed by atoms with Gasteiger partial charge in [0, 0.05) is 18.8 Å². The molecule has 6 nitrogen and oxygen atoms in total. The second kappa shape index (κ2) is 5.88. The van der Waals surface area contributed by atoms with Crippen molar-refractivity contribution in [1.29, 1.82) is 0 Å². The van der Waals surface area contributed by atoms with Crippen molar-refractivity contribution in [2.75, 3.05) is 18.2 Å². The van der Waals surface area contributed by atoms with Crippen LogP contribution in [-0.4, -0.2) is 25.2 Å². The molecule has 0 radical (unpaired) electrons. The number of carbonyl (C=O) groups is 2. The monoisotopic (exact) mass is 324 g/mol. The summed E-state index contributed by atoms with van der Waals surface area (Å²) in [7, 11) is 0. The standard InChI is InChI=1S/C18H16N2O4/c21-17(18(22)20-8-7-13-3-1-2-4-14(13)20)19-10-12-5-6-15-16(9-12)24-11-23-15/h1-6,9H,7-8,10-11H2,(H,19,21). The van der Waals surface area contributed by atoms with Crippen LogP contribution in [-0.2, 0) is 22.6 Å². The van der Waals surface area contributed by atoms with Crippen LogP contribution in [0.4, 0.5) is 5.69 Å². The third kappa shape index (κ3) is 2.56. The third-order valence-corrected chi connectivity index (χ3v) is 4.22. The molecule has 0 unspecified atom stereocenters. The second-order valence-electron chi connectivity index (χ2n) is 5.71. The largest absolute Gasteiger partial charge is 0.454 e. The molecule has 24 heavy (non-hydrogen) atoms. The van der Waals surface area contributed by atoms with Gasteiger partial charge < -0.3 is 19.7 Å². The van der Waals surface area contributed by atoms with Gasteiger partial charge in [0.2, 0.25) is 6.79 Å². The minimum absolute atomic E-state index is 0.206. The van der Waals surface area contributed by atoms with Crippen LogP contribution in [0.15, 0.2) is 42.5 Å². The van der Waals surface area contributed by atoms with Gasteiger partial charge in [0.1, 0.15) is 0 Å². The quantitative estimate of drug-likeness (QED) is 0.853. The number of rotatable bonds is 2. The molecule has 2 aromatic carbocycles. The molecular weight excluding hydrogens is 308 g/mol. The van der Waals surface area contributed by atoms with E-state index in [1.165, 1.54) is 4.90 Å². The van der Waals surface area contributed by atoms with E-state index in [9.17, 15) is 9.59 Å². The van der Waals surface area contributed by atoms with Gasteiger partial charge in [0.25, 0.3) is 0 Å². The maximum absolute atomic E-state index is 12.4. The summed E-state index contributed by atoms with van der Waals surface area (Å²) in [4.78, 5) is 26.1. The van der Waals surface area contributed by atoms with E-state index in [0.29, 0.717) is 18.0 Å². The number of nitrogens with one attached hydrogen (secondary N) is 1. The summed E-state index contributed by atoms with van der Waals surface area (Å²) < 4.78 is 10.6. The topological polar surface area (TPSA) is 67.9 Å². The molecule has 6 heteroatoms. The summed E-state index contributed by atoms with van der Waals surface area (Å²) in [5.74, 6) is 0.210. The van der Waals surface area contributed by atoms with Gasteiger partial charge in [-0.15, -0.1) is 0 Å². The molecule has 2 aromatic rings. The molecule has 0 fully saturated rings. The fourth-order valence-corrected chi connectivity index (χ4v) is 2.98. The minimum Gasteiger partial charge on any atom is -0.454 e. The highest BCUT2D eigenvalue weighted by Crippen LogP contribution is 2.32. The van der Waals surface area contributed by atoms with E-state index >= 15 is 0 Å². The maximum atomic E-state index is 12.4. The number of ether oxygens (including phenoxy) is 2. The van der Waals surface area contributed by atoms with Crippen molar-refractivity contribution in [3.63, 3.8) is 0 Å². The zero-order chi connectivity index (χ0) is 16.5. The van der Waals surface area contributed by atoms with Gasteiger partial charge in [0.15, 0.2) is 11.5 Å². The van der Waals surface area contributed by atoms with E-state index < -0.39 is 11.8 Å². The summed E-state index contributed by atoms with van der Waals surface area (Å²) in [6.07, 6.45) is 0.775. The molecule has 2 heterocycles. The van der Waals surface area contributed by atoms with Gasteiger partial charge in [-0.2, -0.15) is 0 Å². The van der Waals surface area contributed by atoms with Crippen molar-refractivity contribution < 1.29 is 19.1 Å². The Morgan fingerprint density at radius 1 is 1.08 bits per heavy atom. The zero-order valence-corrected chi connectivity index (χ0v) is 13.0. The van der Waals surface area contributed by atoms with Crippen LogP contribution in [0, 0.1) is 0 Å². The molecule has 2 amide bonds. The summed E-state index contributed by atoms with van der Waals surface area (Å²) in [6.45, 7) is 1.00. The first kappa shape index (κ1) is 14.6. The maximum Gasteiger partial charge on any atom is 0.316 e. The molecule has 122 valence electrons. The average Bonchev–Trinajstić information content (AvgIpc) is 3.25. The van der Waals surface area contributed by atoms with Crippen LogP contribution in [0.25, 0.3) is 0 Å². The predicted octanol–water partition coefficient (Wildman–Crippen LogP) is 1.62. The minimum atomic E-state index is -0.607. The van der Waals surface area contributed by atoms with Crippen molar-refractivity contribution in [3.8, 4) is 11.5 Å². The van der Waals surface area contributed by atoms with Gasteiger partial charge in [-0.25, -0.2) is 0 Å². The first-order chi connectivity index (χ1) is 11.7. The van der Waals surface area contributed by atoms with Crippen LogP contribution in [0.3, 0.4) is 0 Å². The molecule has 2 aliphatic heterocycles. The second-order valence-corrected chi connectivity index (χ2v) is 5.71. The van der Waals surface area contributed by atoms with Crippen molar-refractivity contribution in [2.45, 2.75) is 13.0 Å². The molecule has 0 aromatic heterocycles. The Kier molecular flexibility index (Phi) is 3.57. The molecule has 0 atom stereocenters. The number of para-hydroxylation sites is 1. The number of hydrogen-bond donors (Lipinski definition) is 1. The number of anilines is 1. The van der Waals surface area contributed by atoms with E-state index in [-0.39, 0.29) is 13.3 Å². The number of amides is 2. The zero-order valence-electron chi connectivity index (χ0n) is 13.0. The van der Waals surface area contributed by atoms with Crippen LogP contribution in [0.5, 0.6) is 11.5 Å². The molecule has 2 aliphatic rings. The Balaban J connectivity index is 1.41. The summed E-state index contributed by atoms with van der Waals surface area (Å²) in [5.41, 5.74) is 2.76. The third-order valence-electron chi connectivity index (χ3n) is 4.22. The first-order valence-electron chi connectivity index (χ1n) is 7.78. The van der Waals surface area contributed by atoms with Crippen LogP contribution < -0.4 is 19.7 Å². The van der Waals surface area contributed by atoms with Crippen LogP contribution in [0.2, 0.25) is 0 Å². The average molecular weight is 324 g/mol. The molecule has 0 saturated carbocycles. The summed E-state index contributed by atoms with van der Waals surface area (Å²) in [6, 6.07) is 13.1. The Morgan fingerprint density at radius 3 is 2.83 bits per heavy atom. The number of nitrogens with zero attached hydrogens (tertiary/aromatic N) is 1. The van der Waals surface area contributed by atoms with Gasteiger partial charge in [-0.3, -0.25) is 9.59 Å². The summed E-state index contributed by atoms with van der Waals surface area (Å²) >= 11 is 0.